The number of pyridine rings is 1. The first-order valence-electron chi connectivity index (χ1n) is 6.12. The van der Waals surface area contributed by atoms with E-state index in [1.807, 2.05) is 6.92 Å². The van der Waals surface area contributed by atoms with E-state index in [2.05, 4.69) is 15.6 Å². The van der Waals surface area contributed by atoms with Crippen LogP contribution < -0.4 is 10.6 Å². The van der Waals surface area contributed by atoms with Gasteiger partial charge in [-0.15, -0.1) is 0 Å². The minimum atomic E-state index is -0.569. The second-order valence-corrected chi connectivity index (χ2v) is 4.51. The molecule has 2 rings (SSSR count). The standard InChI is InChI=1S/C13H12ClFN4O2/c1-2-16-11-6-8(19(20)21)7-12(17-11)18-13-9(14)4-3-5-10(13)15/h3-7H,2H2,1H3,(H2,16,17,18). The lowest BCUT2D eigenvalue weighted by atomic mass is 10.3. The fraction of sp³-hybridized carbons (Fsp3) is 0.154. The van der Waals surface area contributed by atoms with Gasteiger partial charge >= 0.3 is 0 Å². The predicted octanol–water partition coefficient (Wildman–Crippen LogP) is 3.96. The van der Waals surface area contributed by atoms with E-state index < -0.39 is 10.7 Å². The van der Waals surface area contributed by atoms with Gasteiger partial charge in [0.05, 0.1) is 27.8 Å². The zero-order valence-electron chi connectivity index (χ0n) is 11.1. The van der Waals surface area contributed by atoms with Crippen LogP contribution in [0.5, 0.6) is 0 Å². The Morgan fingerprint density at radius 2 is 2.10 bits per heavy atom. The van der Waals surface area contributed by atoms with Crippen LogP contribution in [0.2, 0.25) is 5.02 Å². The topological polar surface area (TPSA) is 80.1 Å². The minimum absolute atomic E-state index is 0.0228. The van der Waals surface area contributed by atoms with Crippen LogP contribution in [-0.2, 0) is 0 Å². The molecule has 0 spiro atoms. The van der Waals surface area contributed by atoms with Crippen molar-refractivity contribution in [2.24, 2.45) is 0 Å². The zero-order valence-corrected chi connectivity index (χ0v) is 11.8. The van der Waals surface area contributed by atoms with Gasteiger partial charge in [0.1, 0.15) is 17.5 Å². The lowest BCUT2D eigenvalue weighted by Crippen LogP contribution is -2.04. The molecular weight excluding hydrogens is 299 g/mol. The maximum absolute atomic E-state index is 13.7. The summed E-state index contributed by atoms with van der Waals surface area (Å²) in [6, 6.07) is 6.72. The Labute approximate surface area is 125 Å². The number of hydrogen-bond donors (Lipinski definition) is 2. The van der Waals surface area contributed by atoms with Crippen LogP contribution in [0.25, 0.3) is 0 Å². The molecule has 0 radical (unpaired) electrons. The average Bonchev–Trinajstić information content (AvgIpc) is 2.43. The molecule has 1 aromatic heterocycles. The molecule has 21 heavy (non-hydrogen) atoms. The molecule has 110 valence electrons. The van der Waals surface area contributed by atoms with E-state index >= 15 is 0 Å². The van der Waals surface area contributed by atoms with Crippen LogP contribution in [0.1, 0.15) is 6.92 Å². The summed E-state index contributed by atoms with van der Waals surface area (Å²) in [4.78, 5) is 14.5. The van der Waals surface area contributed by atoms with E-state index in [1.165, 1.54) is 30.3 Å². The molecule has 0 saturated carbocycles. The first kappa shape index (κ1) is 15.0. The Morgan fingerprint density at radius 3 is 2.71 bits per heavy atom. The van der Waals surface area contributed by atoms with Gasteiger partial charge in [0, 0.05) is 6.54 Å². The van der Waals surface area contributed by atoms with Crippen LogP contribution in [0, 0.1) is 15.9 Å². The molecule has 0 aliphatic heterocycles. The highest BCUT2D eigenvalue weighted by atomic mass is 35.5. The summed E-state index contributed by atoms with van der Waals surface area (Å²) < 4.78 is 13.7. The summed E-state index contributed by atoms with van der Waals surface area (Å²) in [6.45, 7) is 2.38. The molecule has 2 N–H and O–H groups in total. The van der Waals surface area contributed by atoms with Gasteiger partial charge in [-0.05, 0) is 19.1 Å². The van der Waals surface area contributed by atoms with Gasteiger partial charge in [0.15, 0.2) is 0 Å². The first-order chi connectivity index (χ1) is 10.0. The molecular formula is C13H12ClFN4O2. The van der Waals surface area contributed by atoms with Crippen molar-refractivity contribution >= 4 is 34.6 Å². The summed E-state index contributed by atoms with van der Waals surface area (Å²) in [5.41, 5.74) is -0.134. The highest BCUT2D eigenvalue weighted by molar-refractivity contribution is 6.33. The van der Waals surface area contributed by atoms with Crippen molar-refractivity contribution in [2.75, 3.05) is 17.2 Å². The quantitative estimate of drug-likeness (QED) is 0.645. The molecule has 0 aliphatic rings. The molecule has 1 heterocycles. The van der Waals surface area contributed by atoms with Gasteiger partial charge < -0.3 is 10.6 Å². The van der Waals surface area contributed by atoms with Gasteiger partial charge in [0.25, 0.3) is 5.69 Å². The molecule has 0 saturated heterocycles. The maximum Gasteiger partial charge on any atom is 0.276 e. The maximum atomic E-state index is 13.7. The zero-order chi connectivity index (χ0) is 15.4. The summed E-state index contributed by atoms with van der Waals surface area (Å²) in [5, 5.41) is 16.6. The van der Waals surface area contributed by atoms with Gasteiger partial charge in [-0.25, -0.2) is 9.37 Å². The average molecular weight is 311 g/mol. The van der Waals surface area contributed by atoms with Crippen molar-refractivity contribution in [3.63, 3.8) is 0 Å². The predicted molar refractivity (Wildman–Crippen MR) is 79.7 cm³/mol. The number of halogens is 2. The highest BCUT2D eigenvalue weighted by Gasteiger charge is 2.13. The number of rotatable bonds is 5. The monoisotopic (exact) mass is 310 g/mol. The Hall–Kier alpha value is -2.41. The normalized spacial score (nSPS) is 10.2. The number of aromatic nitrogens is 1. The Kier molecular flexibility index (Phi) is 4.54. The lowest BCUT2D eigenvalue weighted by molar-refractivity contribution is -0.384. The molecule has 0 atom stereocenters. The van der Waals surface area contributed by atoms with E-state index in [-0.39, 0.29) is 22.2 Å². The Bertz CT molecular complexity index is 661. The van der Waals surface area contributed by atoms with Gasteiger partial charge in [-0.3, -0.25) is 10.1 Å². The van der Waals surface area contributed by atoms with Crippen LogP contribution in [0.3, 0.4) is 0 Å². The van der Waals surface area contributed by atoms with Gasteiger partial charge in [0.2, 0.25) is 0 Å². The smallest absolute Gasteiger partial charge is 0.276 e. The molecule has 0 aliphatic carbocycles. The highest BCUT2D eigenvalue weighted by Crippen LogP contribution is 2.29. The molecule has 1 aromatic carbocycles. The van der Waals surface area contributed by atoms with E-state index in [1.54, 1.807) is 0 Å². The Balaban J connectivity index is 2.41. The summed E-state index contributed by atoms with van der Waals surface area (Å²) in [5.74, 6) is -0.116. The van der Waals surface area contributed by atoms with Crippen molar-refractivity contribution in [3.05, 3.63) is 51.3 Å². The van der Waals surface area contributed by atoms with Crippen molar-refractivity contribution in [3.8, 4) is 0 Å². The number of nitro groups is 1. The third kappa shape index (κ3) is 3.57. The first-order valence-corrected chi connectivity index (χ1v) is 6.50. The third-order valence-electron chi connectivity index (χ3n) is 2.59. The molecule has 0 amide bonds. The summed E-state index contributed by atoms with van der Waals surface area (Å²) >= 11 is 5.90. The second-order valence-electron chi connectivity index (χ2n) is 4.10. The minimum Gasteiger partial charge on any atom is -0.370 e. The number of benzene rings is 1. The third-order valence-corrected chi connectivity index (χ3v) is 2.91. The SMILES string of the molecule is CCNc1cc([N+](=O)[O-])cc(Nc2c(F)cccc2Cl)n1. The van der Waals surface area contributed by atoms with Crippen LogP contribution in [0.4, 0.5) is 27.4 Å². The van der Waals surface area contributed by atoms with Crippen LogP contribution in [0.15, 0.2) is 30.3 Å². The van der Waals surface area contributed by atoms with Crippen molar-refractivity contribution in [2.45, 2.75) is 6.92 Å². The molecule has 2 aromatic rings. The van der Waals surface area contributed by atoms with Crippen molar-refractivity contribution < 1.29 is 9.31 Å². The molecule has 0 unspecified atom stereocenters. The molecule has 6 nitrogen and oxygen atoms in total. The Morgan fingerprint density at radius 1 is 1.38 bits per heavy atom. The van der Waals surface area contributed by atoms with Crippen molar-refractivity contribution in [1.82, 2.24) is 4.98 Å². The molecule has 0 bridgehead atoms. The van der Waals surface area contributed by atoms with Crippen LogP contribution in [-0.4, -0.2) is 16.5 Å². The van der Waals surface area contributed by atoms with E-state index in [4.69, 9.17) is 11.6 Å². The number of nitrogens with one attached hydrogen (secondary N) is 2. The number of hydrogen-bond acceptors (Lipinski definition) is 5. The van der Waals surface area contributed by atoms with Gasteiger partial charge in [-0.1, -0.05) is 17.7 Å². The fourth-order valence-electron chi connectivity index (χ4n) is 1.70. The summed E-state index contributed by atoms with van der Waals surface area (Å²) in [6.07, 6.45) is 0. The van der Waals surface area contributed by atoms with Crippen LogP contribution >= 0.6 is 11.6 Å². The largest absolute Gasteiger partial charge is 0.370 e. The number of nitrogens with zero attached hydrogens (tertiary/aromatic N) is 2. The van der Waals surface area contributed by atoms with E-state index in [0.29, 0.717) is 12.4 Å². The lowest BCUT2D eigenvalue weighted by Gasteiger charge is -2.10. The van der Waals surface area contributed by atoms with E-state index in [0.717, 1.165) is 0 Å². The van der Waals surface area contributed by atoms with Gasteiger partial charge in [-0.2, -0.15) is 0 Å². The number of para-hydroxylation sites is 1. The molecule has 8 heteroatoms. The number of anilines is 3. The second kappa shape index (κ2) is 6.36. The van der Waals surface area contributed by atoms with Crippen molar-refractivity contribution in [1.29, 1.82) is 0 Å². The van der Waals surface area contributed by atoms with E-state index in [9.17, 15) is 14.5 Å². The summed E-state index contributed by atoms with van der Waals surface area (Å²) in [7, 11) is 0. The fourth-order valence-corrected chi connectivity index (χ4v) is 1.91. The molecule has 0 fully saturated rings.